The van der Waals surface area contributed by atoms with Crippen LogP contribution in [0.1, 0.15) is 11.1 Å². The molecule has 0 bridgehead atoms. The Hall–Kier alpha value is -4.02. The number of rotatable bonds is 9. The van der Waals surface area contributed by atoms with Gasteiger partial charge in [-0.15, -0.1) is 4.89 Å². The first kappa shape index (κ1) is 25.2. The van der Waals surface area contributed by atoms with Crippen molar-refractivity contribution >= 4 is 11.9 Å². The molecule has 0 aromatic heterocycles. The van der Waals surface area contributed by atoms with E-state index in [0.717, 1.165) is 6.07 Å². The van der Waals surface area contributed by atoms with Gasteiger partial charge in [0, 0.05) is 24.1 Å². The fourth-order valence-electron chi connectivity index (χ4n) is 2.58. The molecule has 2 aromatic rings. The van der Waals surface area contributed by atoms with Crippen molar-refractivity contribution in [2.24, 2.45) is 11.5 Å². The summed E-state index contributed by atoms with van der Waals surface area (Å²) in [6.45, 7) is 0. The van der Waals surface area contributed by atoms with Crippen LogP contribution in [0.15, 0.2) is 24.3 Å². The molecule has 3 unspecified atom stereocenters. The van der Waals surface area contributed by atoms with Gasteiger partial charge < -0.3 is 56.6 Å². The molecule has 15 heteroatoms. The van der Waals surface area contributed by atoms with Gasteiger partial charge in [0.1, 0.15) is 5.75 Å². The standard InChI is InChI=1S/C18H20N2O13/c19-14(15(26)27)18(31,7-2-10(23)11(24)3-8(7)21)33-32-13-4-12(25)9(22)1-6(13)5-17(20,30)16(28)29/h1-4,14,21-25,30-31H,5,19-20H2,(H,26,27)(H,28,29). The van der Waals surface area contributed by atoms with E-state index >= 15 is 0 Å². The number of aliphatic carboxylic acids is 2. The average Bonchev–Trinajstić information content (AvgIpc) is 2.70. The van der Waals surface area contributed by atoms with Crippen molar-refractivity contribution in [1.29, 1.82) is 0 Å². The summed E-state index contributed by atoms with van der Waals surface area (Å²) < 4.78 is 0. The van der Waals surface area contributed by atoms with E-state index in [9.17, 15) is 50.4 Å². The predicted octanol–water partition coefficient (Wildman–Crippen LogP) is -1.94. The molecule has 0 fully saturated rings. The van der Waals surface area contributed by atoms with Gasteiger partial charge in [-0.2, -0.15) is 0 Å². The van der Waals surface area contributed by atoms with Crippen LogP contribution in [0.2, 0.25) is 0 Å². The number of carbonyl (C=O) groups is 2. The summed E-state index contributed by atoms with van der Waals surface area (Å²) in [5.41, 5.74) is 6.52. The van der Waals surface area contributed by atoms with Crippen LogP contribution in [-0.2, 0) is 26.7 Å². The van der Waals surface area contributed by atoms with E-state index in [2.05, 4.69) is 0 Å². The summed E-state index contributed by atoms with van der Waals surface area (Å²) in [6, 6.07) is 0.0344. The number of carboxylic acids is 2. The van der Waals surface area contributed by atoms with Crippen LogP contribution in [0.5, 0.6) is 34.5 Å². The van der Waals surface area contributed by atoms with Crippen LogP contribution in [0.4, 0.5) is 0 Å². The van der Waals surface area contributed by atoms with Crippen molar-refractivity contribution in [1.82, 2.24) is 0 Å². The second-order valence-corrected chi connectivity index (χ2v) is 6.89. The third kappa shape index (κ3) is 5.08. The molecule has 0 saturated carbocycles. The van der Waals surface area contributed by atoms with Gasteiger partial charge in [0.15, 0.2) is 34.8 Å². The number of phenols is 5. The van der Waals surface area contributed by atoms with Gasteiger partial charge >= 0.3 is 11.9 Å². The van der Waals surface area contributed by atoms with Crippen LogP contribution in [0.25, 0.3) is 0 Å². The maximum Gasteiger partial charge on any atom is 0.351 e. The lowest BCUT2D eigenvalue weighted by atomic mass is 9.97. The highest BCUT2D eigenvalue weighted by atomic mass is 17.2. The minimum Gasteiger partial charge on any atom is -0.507 e. The quantitative estimate of drug-likeness (QED) is 0.0622. The lowest BCUT2D eigenvalue weighted by molar-refractivity contribution is -0.381. The lowest BCUT2D eigenvalue weighted by Crippen LogP contribution is -2.53. The maximum atomic E-state index is 11.4. The van der Waals surface area contributed by atoms with Crippen LogP contribution >= 0.6 is 0 Å². The van der Waals surface area contributed by atoms with E-state index in [1.807, 2.05) is 0 Å². The van der Waals surface area contributed by atoms with Gasteiger partial charge in [-0.1, -0.05) is 0 Å². The third-order valence-corrected chi connectivity index (χ3v) is 4.41. The molecule has 0 aliphatic heterocycles. The normalized spacial score (nSPS) is 15.8. The van der Waals surface area contributed by atoms with E-state index in [4.69, 9.17) is 26.3 Å². The predicted molar refractivity (Wildman–Crippen MR) is 103 cm³/mol. The highest BCUT2D eigenvalue weighted by Gasteiger charge is 2.47. The minimum absolute atomic E-state index is 0.401. The largest absolute Gasteiger partial charge is 0.507 e. The van der Waals surface area contributed by atoms with Gasteiger partial charge in [0.25, 0.3) is 5.79 Å². The zero-order valence-electron chi connectivity index (χ0n) is 16.4. The van der Waals surface area contributed by atoms with Crippen LogP contribution < -0.4 is 16.4 Å². The number of nitrogens with two attached hydrogens (primary N) is 2. The number of hydrogen-bond acceptors (Lipinski definition) is 13. The van der Waals surface area contributed by atoms with E-state index in [-0.39, 0.29) is 0 Å². The van der Waals surface area contributed by atoms with E-state index < -0.39 is 81.5 Å². The number of benzene rings is 2. The number of phenolic OH excluding ortho intramolecular Hbond substituents is 5. The van der Waals surface area contributed by atoms with Crippen molar-refractivity contribution in [2.45, 2.75) is 24.0 Å². The third-order valence-electron chi connectivity index (χ3n) is 4.41. The van der Waals surface area contributed by atoms with Crippen molar-refractivity contribution in [3.63, 3.8) is 0 Å². The fourth-order valence-corrected chi connectivity index (χ4v) is 2.58. The molecule has 33 heavy (non-hydrogen) atoms. The Balaban J connectivity index is 2.55. The van der Waals surface area contributed by atoms with Gasteiger partial charge in [0.2, 0.25) is 5.72 Å². The Morgan fingerprint density at radius 2 is 1.39 bits per heavy atom. The number of hydrogen-bond donors (Lipinski definition) is 11. The zero-order chi connectivity index (χ0) is 25.3. The summed E-state index contributed by atoms with van der Waals surface area (Å²) in [5.74, 6) is -12.1. The number of aliphatic hydroxyl groups is 2. The second-order valence-electron chi connectivity index (χ2n) is 6.89. The Morgan fingerprint density at radius 1 is 0.879 bits per heavy atom. The monoisotopic (exact) mass is 472 g/mol. The summed E-state index contributed by atoms with van der Waals surface area (Å²) in [4.78, 5) is 32.1. The van der Waals surface area contributed by atoms with Gasteiger partial charge in [-0.25, -0.2) is 4.79 Å². The molecule has 13 N–H and O–H groups in total. The van der Waals surface area contributed by atoms with Crippen LogP contribution in [-0.4, -0.2) is 69.7 Å². The number of aromatic hydroxyl groups is 5. The number of carboxylic acid groups (broad SMARTS) is 2. The summed E-state index contributed by atoms with van der Waals surface area (Å²) in [7, 11) is 0. The molecule has 180 valence electrons. The molecule has 3 atom stereocenters. The summed E-state index contributed by atoms with van der Waals surface area (Å²) >= 11 is 0. The van der Waals surface area contributed by atoms with Gasteiger partial charge in [-0.05, 0) is 12.1 Å². The second kappa shape index (κ2) is 8.85. The van der Waals surface area contributed by atoms with E-state index in [1.165, 1.54) is 0 Å². The first-order valence-corrected chi connectivity index (χ1v) is 8.71. The molecule has 0 saturated heterocycles. The smallest absolute Gasteiger partial charge is 0.351 e. The average molecular weight is 472 g/mol. The molecule has 0 radical (unpaired) electrons. The minimum atomic E-state index is -3.27. The maximum absolute atomic E-state index is 11.4. The first-order chi connectivity index (χ1) is 15.1. The zero-order valence-corrected chi connectivity index (χ0v) is 16.4. The van der Waals surface area contributed by atoms with Gasteiger partial charge in [-0.3, -0.25) is 10.5 Å². The SMILES string of the molecule is NC(C(=O)O)C(O)(OOc1cc(O)c(O)cc1CC(N)(O)C(=O)O)c1cc(O)c(O)cc1O. The van der Waals surface area contributed by atoms with Crippen molar-refractivity contribution in [3.8, 4) is 34.5 Å². The molecular weight excluding hydrogens is 452 g/mol. The Kier molecular flexibility index (Phi) is 6.77. The molecule has 0 aliphatic carbocycles. The summed E-state index contributed by atoms with van der Waals surface area (Å²) in [6.07, 6.45) is -0.941. The Bertz CT molecular complexity index is 1090. The molecule has 2 aromatic carbocycles. The van der Waals surface area contributed by atoms with Gasteiger partial charge in [0.05, 0.1) is 5.56 Å². The van der Waals surface area contributed by atoms with E-state index in [1.54, 1.807) is 0 Å². The first-order valence-electron chi connectivity index (χ1n) is 8.71. The highest BCUT2D eigenvalue weighted by Crippen LogP contribution is 2.41. The Morgan fingerprint density at radius 3 is 1.94 bits per heavy atom. The Labute approximate surface area is 183 Å². The molecule has 2 rings (SSSR count). The van der Waals surface area contributed by atoms with Crippen LogP contribution in [0, 0.1) is 0 Å². The molecule has 0 spiro atoms. The van der Waals surface area contributed by atoms with Crippen LogP contribution in [0.3, 0.4) is 0 Å². The van der Waals surface area contributed by atoms with Crippen molar-refractivity contribution in [2.75, 3.05) is 0 Å². The van der Waals surface area contributed by atoms with E-state index in [0.29, 0.717) is 18.2 Å². The fraction of sp³-hybridized carbons (Fsp3) is 0.222. The molecule has 0 aliphatic rings. The molecule has 0 amide bonds. The lowest BCUT2D eigenvalue weighted by Gasteiger charge is -2.31. The topological polar surface area (TPSA) is 287 Å². The summed E-state index contributed by atoms with van der Waals surface area (Å²) in [5, 5.41) is 87.4. The highest BCUT2D eigenvalue weighted by molar-refractivity contribution is 5.77. The van der Waals surface area contributed by atoms with Crippen molar-refractivity contribution < 1.29 is 65.3 Å². The molecular formula is C18H20N2O13. The van der Waals surface area contributed by atoms with Crippen molar-refractivity contribution in [3.05, 3.63) is 35.4 Å². The molecule has 15 nitrogen and oxygen atoms in total. The molecule has 0 heterocycles.